The molecule has 15 heavy (non-hydrogen) atoms. The molecular formula is C10H8N4O. The predicted molar refractivity (Wildman–Crippen MR) is 52.8 cm³/mol. The molecule has 74 valence electrons. The van der Waals surface area contributed by atoms with Gasteiger partial charge in [-0.3, -0.25) is 0 Å². The molecule has 0 bridgehead atoms. The van der Waals surface area contributed by atoms with Crippen molar-refractivity contribution in [1.29, 1.82) is 5.26 Å². The number of anilines is 1. The quantitative estimate of drug-likeness (QED) is 0.813. The Morgan fingerprint density at radius 1 is 1.40 bits per heavy atom. The van der Waals surface area contributed by atoms with Crippen molar-refractivity contribution in [2.45, 2.75) is 6.54 Å². The molecule has 0 aliphatic heterocycles. The van der Waals surface area contributed by atoms with E-state index < -0.39 is 0 Å². The second-order valence-electron chi connectivity index (χ2n) is 2.87. The molecule has 2 rings (SSSR count). The van der Waals surface area contributed by atoms with Gasteiger partial charge in [0, 0.05) is 18.0 Å². The van der Waals surface area contributed by atoms with Gasteiger partial charge in [-0.1, -0.05) is 5.16 Å². The number of nitrogens with one attached hydrogen (secondary N) is 1. The van der Waals surface area contributed by atoms with Gasteiger partial charge >= 0.3 is 0 Å². The standard InChI is InChI=1S/C10H8N4O/c11-6-9-5-8(1-3-12-9)13-7-10-2-4-14-15-10/h1-5H,7H2,(H,12,13). The summed E-state index contributed by atoms with van der Waals surface area (Å²) in [5.74, 6) is 0.741. The van der Waals surface area contributed by atoms with Crippen LogP contribution >= 0.6 is 0 Å². The number of hydrogen-bond acceptors (Lipinski definition) is 5. The molecular weight excluding hydrogens is 192 g/mol. The van der Waals surface area contributed by atoms with Crippen LogP contribution in [0.15, 0.2) is 35.1 Å². The van der Waals surface area contributed by atoms with Gasteiger partial charge in [-0.2, -0.15) is 5.26 Å². The van der Waals surface area contributed by atoms with Crippen LogP contribution in [0.3, 0.4) is 0 Å². The molecule has 5 heteroatoms. The van der Waals surface area contributed by atoms with Gasteiger partial charge in [-0.15, -0.1) is 0 Å². The number of nitriles is 1. The smallest absolute Gasteiger partial charge is 0.155 e. The Hall–Kier alpha value is -2.35. The molecule has 5 nitrogen and oxygen atoms in total. The van der Waals surface area contributed by atoms with E-state index in [0.29, 0.717) is 12.2 Å². The van der Waals surface area contributed by atoms with E-state index in [2.05, 4.69) is 15.5 Å². The molecule has 0 spiro atoms. The van der Waals surface area contributed by atoms with Crippen LogP contribution in [0, 0.1) is 11.3 Å². The third-order valence-electron chi connectivity index (χ3n) is 1.83. The van der Waals surface area contributed by atoms with Crippen LogP contribution in [0.4, 0.5) is 5.69 Å². The first-order valence-corrected chi connectivity index (χ1v) is 4.38. The Bertz CT molecular complexity index is 472. The van der Waals surface area contributed by atoms with Crippen LogP contribution in [0.25, 0.3) is 0 Å². The van der Waals surface area contributed by atoms with Gasteiger partial charge < -0.3 is 9.84 Å². The van der Waals surface area contributed by atoms with E-state index >= 15 is 0 Å². The second kappa shape index (κ2) is 4.24. The fourth-order valence-corrected chi connectivity index (χ4v) is 1.12. The van der Waals surface area contributed by atoms with Gasteiger partial charge in [0.2, 0.25) is 0 Å². The highest BCUT2D eigenvalue weighted by atomic mass is 16.5. The van der Waals surface area contributed by atoms with E-state index in [9.17, 15) is 0 Å². The summed E-state index contributed by atoms with van der Waals surface area (Å²) in [4.78, 5) is 3.87. The van der Waals surface area contributed by atoms with Gasteiger partial charge in [-0.25, -0.2) is 4.98 Å². The zero-order valence-corrected chi connectivity index (χ0v) is 7.84. The molecule has 2 aromatic rings. The number of pyridine rings is 1. The first kappa shape index (κ1) is 9.21. The largest absolute Gasteiger partial charge is 0.378 e. The molecule has 0 saturated carbocycles. The summed E-state index contributed by atoms with van der Waals surface area (Å²) in [5.41, 5.74) is 1.22. The normalized spacial score (nSPS) is 9.53. The van der Waals surface area contributed by atoms with Crippen molar-refractivity contribution in [3.05, 3.63) is 42.0 Å². The topological polar surface area (TPSA) is 74.7 Å². The first-order valence-electron chi connectivity index (χ1n) is 4.38. The molecule has 0 atom stereocenters. The predicted octanol–water partition coefficient (Wildman–Crippen LogP) is 1.55. The molecule has 0 radical (unpaired) electrons. The molecule has 0 aliphatic carbocycles. The average Bonchev–Trinajstić information content (AvgIpc) is 2.79. The lowest BCUT2D eigenvalue weighted by Gasteiger charge is -2.02. The molecule has 0 aromatic carbocycles. The number of nitrogens with zero attached hydrogens (tertiary/aromatic N) is 3. The summed E-state index contributed by atoms with van der Waals surface area (Å²) in [6, 6.07) is 7.22. The van der Waals surface area contributed by atoms with Crippen molar-refractivity contribution in [2.24, 2.45) is 0 Å². The lowest BCUT2D eigenvalue weighted by molar-refractivity contribution is 0.388. The Kier molecular flexibility index (Phi) is 2.61. The summed E-state index contributed by atoms with van der Waals surface area (Å²) in [6.07, 6.45) is 3.17. The number of rotatable bonds is 3. The summed E-state index contributed by atoms with van der Waals surface area (Å²) in [7, 11) is 0. The maximum atomic E-state index is 8.65. The average molecular weight is 200 g/mol. The highest BCUT2D eigenvalue weighted by Crippen LogP contribution is 2.09. The van der Waals surface area contributed by atoms with Crippen LogP contribution in [0.1, 0.15) is 11.5 Å². The molecule has 0 saturated heterocycles. The van der Waals surface area contributed by atoms with E-state index in [-0.39, 0.29) is 0 Å². The zero-order chi connectivity index (χ0) is 10.5. The monoisotopic (exact) mass is 200 g/mol. The summed E-state index contributed by atoms with van der Waals surface area (Å²) < 4.78 is 4.92. The fraction of sp³-hybridized carbons (Fsp3) is 0.100. The SMILES string of the molecule is N#Cc1cc(NCc2ccno2)ccn1. The Balaban J connectivity index is 2.02. The molecule has 0 fully saturated rings. The Morgan fingerprint density at radius 2 is 2.33 bits per heavy atom. The maximum absolute atomic E-state index is 8.65. The summed E-state index contributed by atoms with van der Waals surface area (Å²) >= 11 is 0. The van der Waals surface area contributed by atoms with Crippen LogP contribution in [0.2, 0.25) is 0 Å². The zero-order valence-electron chi connectivity index (χ0n) is 7.84. The molecule has 0 aliphatic rings. The first-order chi connectivity index (χ1) is 7.38. The van der Waals surface area contributed by atoms with Gasteiger partial charge in [0.05, 0.1) is 12.7 Å². The van der Waals surface area contributed by atoms with E-state index in [0.717, 1.165) is 11.4 Å². The minimum absolute atomic E-state index is 0.387. The van der Waals surface area contributed by atoms with Crippen molar-refractivity contribution in [3.63, 3.8) is 0 Å². The maximum Gasteiger partial charge on any atom is 0.155 e. The van der Waals surface area contributed by atoms with Gasteiger partial charge in [0.15, 0.2) is 5.76 Å². The third-order valence-corrected chi connectivity index (χ3v) is 1.83. The fourth-order valence-electron chi connectivity index (χ4n) is 1.12. The minimum Gasteiger partial charge on any atom is -0.378 e. The van der Waals surface area contributed by atoms with Crippen molar-refractivity contribution < 1.29 is 4.52 Å². The van der Waals surface area contributed by atoms with Gasteiger partial charge in [0.1, 0.15) is 11.8 Å². The summed E-state index contributed by atoms with van der Waals surface area (Å²) in [5, 5.41) is 15.3. The van der Waals surface area contributed by atoms with E-state index in [1.165, 1.54) is 0 Å². The lowest BCUT2D eigenvalue weighted by Crippen LogP contribution is -1.98. The van der Waals surface area contributed by atoms with Gasteiger partial charge in [-0.05, 0) is 12.1 Å². The van der Waals surface area contributed by atoms with E-state index in [4.69, 9.17) is 9.78 Å². The lowest BCUT2D eigenvalue weighted by atomic mass is 10.3. The molecule has 2 heterocycles. The third kappa shape index (κ3) is 2.31. The Labute approximate surface area is 86.3 Å². The summed E-state index contributed by atoms with van der Waals surface area (Å²) in [6.45, 7) is 0.537. The van der Waals surface area contributed by atoms with Crippen molar-refractivity contribution in [3.8, 4) is 6.07 Å². The van der Waals surface area contributed by atoms with Crippen molar-refractivity contribution >= 4 is 5.69 Å². The van der Waals surface area contributed by atoms with Crippen molar-refractivity contribution in [2.75, 3.05) is 5.32 Å². The van der Waals surface area contributed by atoms with Crippen LogP contribution in [-0.4, -0.2) is 10.1 Å². The Morgan fingerprint density at radius 3 is 3.07 bits per heavy atom. The van der Waals surface area contributed by atoms with E-state index in [1.807, 2.05) is 6.07 Å². The van der Waals surface area contributed by atoms with Crippen LogP contribution < -0.4 is 5.32 Å². The number of hydrogen-bond donors (Lipinski definition) is 1. The van der Waals surface area contributed by atoms with Crippen LogP contribution in [-0.2, 0) is 6.54 Å². The molecule has 0 unspecified atom stereocenters. The molecule has 0 amide bonds. The number of aromatic nitrogens is 2. The minimum atomic E-state index is 0.387. The highest BCUT2D eigenvalue weighted by Gasteiger charge is 1.98. The molecule has 2 aromatic heterocycles. The molecule has 1 N–H and O–H groups in total. The van der Waals surface area contributed by atoms with Crippen LogP contribution in [0.5, 0.6) is 0 Å². The van der Waals surface area contributed by atoms with E-state index in [1.54, 1.807) is 30.6 Å². The second-order valence-corrected chi connectivity index (χ2v) is 2.87. The van der Waals surface area contributed by atoms with Crippen molar-refractivity contribution in [1.82, 2.24) is 10.1 Å². The highest BCUT2D eigenvalue weighted by molar-refractivity contribution is 5.45. The van der Waals surface area contributed by atoms with Gasteiger partial charge in [0.25, 0.3) is 0 Å².